The van der Waals surface area contributed by atoms with Crippen LogP contribution in [0.5, 0.6) is 0 Å². The minimum absolute atomic E-state index is 0.113. The van der Waals surface area contributed by atoms with E-state index in [9.17, 15) is 9.59 Å². The molecule has 0 fully saturated rings. The van der Waals surface area contributed by atoms with Crippen molar-refractivity contribution in [2.24, 2.45) is 5.41 Å². The first-order chi connectivity index (χ1) is 8.23. The number of amides is 1. The molecule has 1 rings (SSSR count). The normalized spacial score (nSPS) is 11.3. The molecule has 4 nitrogen and oxygen atoms in total. The van der Waals surface area contributed by atoms with Gasteiger partial charge in [0.2, 0.25) is 5.91 Å². The highest BCUT2D eigenvalue weighted by Gasteiger charge is 2.20. The molecule has 0 aromatic carbocycles. The van der Waals surface area contributed by atoms with Gasteiger partial charge >= 0.3 is 5.97 Å². The molecular formula is C13H19NO3S. The summed E-state index contributed by atoms with van der Waals surface area (Å²) in [4.78, 5) is 23.8. The Balaban J connectivity index is 2.86. The topological polar surface area (TPSA) is 66.4 Å². The summed E-state index contributed by atoms with van der Waals surface area (Å²) in [5, 5.41) is 12.2. The van der Waals surface area contributed by atoms with Gasteiger partial charge in [-0.3, -0.25) is 4.79 Å². The predicted molar refractivity (Wildman–Crippen MR) is 73.4 cm³/mol. The predicted octanol–water partition coefficient (Wildman–Crippen LogP) is 3.38. The maximum Gasteiger partial charge on any atom is 0.338 e. The molecule has 1 aromatic rings. The first kappa shape index (κ1) is 14.7. The highest BCUT2D eigenvalue weighted by atomic mass is 32.1. The van der Waals surface area contributed by atoms with Crippen molar-refractivity contribution < 1.29 is 14.7 Å². The first-order valence-corrected chi connectivity index (χ1v) is 6.70. The fourth-order valence-electron chi connectivity index (χ4n) is 1.52. The quantitative estimate of drug-likeness (QED) is 0.880. The van der Waals surface area contributed by atoms with Crippen LogP contribution in [0.1, 0.15) is 49.4 Å². The van der Waals surface area contributed by atoms with E-state index in [1.807, 2.05) is 27.7 Å². The molecule has 1 amide bonds. The van der Waals surface area contributed by atoms with Crippen LogP contribution >= 0.6 is 11.3 Å². The Morgan fingerprint density at radius 1 is 1.39 bits per heavy atom. The molecule has 0 radical (unpaired) electrons. The molecule has 0 unspecified atom stereocenters. The number of carboxylic acids is 1. The molecule has 100 valence electrons. The van der Waals surface area contributed by atoms with Crippen LogP contribution in [0.3, 0.4) is 0 Å². The summed E-state index contributed by atoms with van der Waals surface area (Å²) < 4.78 is 0. The number of aromatic carboxylic acids is 1. The molecule has 0 bridgehead atoms. The van der Waals surface area contributed by atoms with Crippen molar-refractivity contribution in [3.63, 3.8) is 0 Å². The third kappa shape index (κ3) is 4.14. The van der Waals surface area contributed by atoms with Crippen molar-refractivity contribution in [1.29, 1.82) is 0 Å². The Labute approximate surface area is 111 Å². The van der Waals surface area contributed by atoms with Crippen LogP contribution in [0, 0.1) is 5.41 Å². The fourth-order valence-corrected chi connectivity index (χ4v) is 2.52. The van der Waals surface area contributed by atoms with Gasteiger partial charge in [0.25, 0.3) is 0 Å². The Morgan fingerprint density at radius 2 is 2.00 bits per heavy atom. The van der Waals surface area contributed by atoms with Crippen molar-refractivity contribution >= 4 is 28.2 Å². The van der Waals surface area contributed by atoms with Crippen LogP contribution in [0.25, 0.3) is 0 Å². The Bertz CT molecular complexity index is 457. The third-order valence-electron chi connectivity index (χ3n) is 2.31. The van der Waals surface area contributed by atoms with Gasteiger partial charge in [-0.2, -0.15) is 0 Å². The highest BCUT2D eigenvalue weighted by molar-refractivity contribution is 7.16. The second-order valence-corrected chi connectivity index (χ2v) is 6.54. The van der Waals surface area contributed by atoms with Gasteiger partial charge in [0.05, 0.1) is 5.56 Å². The zero-order chi connectivity index (χ0) is 13.9. The van der Waals surface area contributed by atoms with Crippen LogP contribution in [-0.2, 0) is 11.2 Å². The van der Waals surface area contributed by atoms with Crippen LogP contribution < -0.4 is 5.32 Å². The van der Waals surface area contributed by atoms with E-state index < -0.39 is 5.97 Å². The number of anilines is 1. The largest absolute Gasteiger partial charge is 0.478 e. The second kappa shape index (κ2) is 5.52. The first-order valence-electron chi connectivity index (χ1n) is 5.89. The summed E-state index contributed by atoms with van der Waals surface area (Å²) >= 11 is 1.33. The smallest absolute Gasteiger partial charge is 0.338 e. The number of thiophene rings is 1. The molecule has 5 heteroatoms. The van der Waals surface area contributed by atoms with Gasteiger partial charge in [0.15, 0.2) is 0 Å². The minimum atomic E-state index is -1.00. The molecule has 0 spiro atoms. The number of nitrogens with one attached hydrogen (secondary N) is 1. The summed E-state index contributed by atoms with van der Waals surface area (Å²) in [6.45, 7) is 7.86. The van der Waals surface area contributed by atoms with Crippen molar-refractivity contribution in [2.45, 2.75) is 40.5 Å². The maximum atomic E-state index is 11.8. The lowest BCUT2D eigenvalue weighted by molar-refractivity contribution is -0.117. The number of aryl methyl sites for hydroxylation is 1. The molecule has 18 heavy (non-hydrogen) atoms. The van der Waals surface area contributed by atoms with Crippen molar-refractivity contribution in [1.82, 2.24) is 0 Å². The number of carbonyl (C=O) groups is 2. The van der Waals surface area contributed by atoms with E-state index in [0.717, 1.165) is 11.3 Å². The van der Waals surface area contributed by atoms with E-state index >= 15 is 0 Å². The minimum Gasteiger partial charge on any atom is -0.478 e. The zero-order valence-electron chi connectivity index (χ0n) is 11.2. The van der Waals surface area contributed by atoms with Crippen LogP contribution in [0.4, 0.5) is 5.00 Å². The molecule has 0 aliphatic rings. The van der Waals surface area contributed by atoms with Gasteiger partial charge in [0.1, 0.15) is 5.00 Å². The van der Waals surface area contributed by atoms with E-state index in [2.05, 4.69) is 5.32 Å². The van der Waals surface area contributed by atoms with E-state index in [-0.39, 0.29) is 16.9 Å². The standard InChI is InChI=1S/C13H19NO3S/c1-5-8-6-9(12(16)17)11(18-8)14-10(15)7-13(2,3)4/h6H,5,7H2,1-4H3,(H,14,15)(H,16,17). The van der Waals surface area contributed by atoms with Crippen LogP contribution in [0.15, 0.2) is 6.07 Å². The van der Waals surface area contributed by atoms with Gasteiger partial charge in [-0.15, -0.1) is 11.3 Å². The molecular weight excluding hydrogens is 250 g/mol. The van der Waals surface area contributed by atoms with Gasteiger partial charge in [-0.25, -0.2) is 4.79 Å². The lowest BCUT2D eigenvalue weighted by Gasteiger charge is -2.16. The van der Waals surface area contributed by atoms with Gasteiger partial charge < -0.3 is 10.4 Å². The average Bonchev–Trinajstić information content (AvgIpc) is 2.57. The molecule has 0 aliphatic heterocycles. The van der Waals surface area contributed by atoms with Gasteiger partial charge in [0, 0.05) is 11.3 Å². The van der Waals surface area contributed by atoms with E-state index in [4.69, 9.17) is 5.11 Å². The molecule has 0 saturated carbocycles. The second-order valence-electron chi connectivity index (χ2n) is 5.40. The summed E-state index contributed by atoms with van der Waals surface area (Å²) in [6, 6.07) is 1.62. The summed E-state index contributed by atoms with van der Waals surface area (Å²) in [7, 11) is 0. The van der Waals surface area contributed by atoms with Crippen molar-refractivity contribution in [3.8, 4) is 0 Å². The fraction of sp³-hybridized carbons (Fsp3) is 0.538. The monoisotopic (exact) mass is 269 g/mol. The number of hydrogen-bond acceptors (Lipinski definition) is 3. The van der Waals surface area contributed by atoms with Crippen LogP contribution in [0.2, 0.25) is 0 Å². The Hall–Kier alpha value is -1.36. The maximum absolute atomic E-state index is 11.8. The van der Waals surface area contributed by atoms with E-state index in [1.165, 1.54) is 11.3 Å². The number of rotatable bonds is 4. The molecule has 1 aromatic heterocycles. The van der Waals surface area contributed by atoms with E-state index in [0.29, 0.717) is 11.4 Å². The lowest BCUT2D eigenvalue weighted by atomic mass is 9.92. The van der Waals surface area contributed by atoms with Gasteiger partial charge in [-0.1, -0.05) is 27.7 Å². The van der Waals surface area contributed by atoms with Gasteiger partial charge in [-0.05, 0) is 17.9 Å². The number of carbonyl (C=O) groups excluding carboxylic acids is 1. The van der Waals surface area contributed by atoms with Crippen molar-refractivity contribution in [3.05, 3.63) is 16.5 Å². The zero-order valence-corrected chi connectivity index (χ0v) is 12.0. The lowest BCUT2D eigenvalue weighted by Crippen LogP contribution is -2.20. The molecule has 0 aliphatic carbocycles. The summed E-state index contributed by atoms with van der Waals surface area (Å²) in [5.74, 6) is -1.15. The highest BCUT2D eigenvalue weighted by Crippen LogP contribution is 2.29. The Kier molecular flexibility index (Phi) is 4.51. The van der Waals surface area contributed by atoms with E-state index in [1.54, 1.807) is 6.07 Å². The molecule has 2 N–H and O–H groups in total. The third-order valence-corrected chi connectivity index (χ3v) is 3.50. The van der Waals surface area contributed by atoms with Crippen molar-refractivity contribution in [2.75, 3.05) is 5.32 Å². The number of carboxylic acid groups (broad SMARTS) is 1. The summed E-state index contributed by atoms with van der Waals surface area (Å²) in [6.07, 6.45) is 1.13. The SMILES string of the molecule is CCc1cc(C(=O)O)c(NC(=O)CC(C)(C)C)s1. The summed E-state index contributed by atoms with van der Waals surface area (Å²) in [5.41, 5.74) is 0.0669. The number of hydrogen-bond donors (Lipinski definition) is 2. The average molecular weight is 269 g/mol. The molecule has 0 saturated heterocycles. The van der Waals surface area contributed by atoms with Crippen LogP contribution in [-0.4, -0.2) is 17.0 Å². The molecule has 0 atom stereocenters. The Morgan fingerprint density at radius 3 is 2.44 bits per heavy atom. The molecule has 1 heterocycles.